The van der Waals surface area contributed by atoms with Gasteiger partial charge in [-0.05, 0) is 38.0 Å². The van der Waals surface area contributed by atoms with Gasteiger partial charge in [-0.15, -0.1) is 0 Å². The second-order valence-electron chi connectivity index (χ2n) is 4.87. The molecule has 2 heterocycles. The molecule has 0 saturated heterocycles. The number of nitrogens with zero attached hydrogens (tertiary/aromatic N) is 3. The highest BCUT2D eigenvalue weighted by Gasteiger charge is 2.28. The van der Waals surface area contributed by atoms with Gasteiger partial charge in [-0.3, -0.25) is 10.1 Å². The van der Waals surface area contributed by atoms with E-state index in [0.717, 1.165) is 5.56 Å². The minimum absolute atomic E-state index is 0.291. The fourth-order valence-electron chi connectivity index (χ4n) is 2.30. The zero-order chi connectivity index (χ0) is 15.5. The van der Waals surface area contributed by atoms with Crippen LogP contribution in [0, 0.1) is 13.8 Å². The summed E-state index contributed by atoms with van der Waals surface area (Å²) in [7, 11) is -3.52. The predicted molar refractivity (Wildman–Crippen MR) is 80.4 cm³/mol. The summed E-state index contributed by atoms with van der Waals surface area (Å²) in [5.74, 6) is 0. The molecule has 0 radical (unpaired) electrons. The third-order valence-corrected chi connectivity index (χ3v) is 5.65. The maximum atomic E-state index is 12.7. The van der Waals surface area contributed by atoms with E-state index in [2.05, 4.69) is 15.2 Å². The highest BCUT2D eigenvalue weighted by atomic mass is 32.2. The van der Waals surface area contributed by atoms with E-state index in [9.17, 15) is 8.42 Å². The molecule has 6 nitrogen and oxygen atoms in total. The average molecular weight is 308 g/mol. The van der Waals surface area contributed by atoms with Crippen LogP contribution in [0.15, 0.2) is 29.4 Å². The molecule has 0 spiro atoms. The molecule has 1 N–H and O–H groups in total. The number of aromatic amines is 1. The smallest absolute Gasteiger partial charge is 0.246 e. The van der Waals surface area contributed by atoms with Crippen molar-refractivity contribution in [2.45, 2.75) is 32.1 Å². The van der Waals surface area contributed by atoms with Gasteiger partial charge in [0.1, 0.15) is 4.90 Å². The summed E-state index contributed by atoms with van der Waals surface area (Å²) in [5.41, 5.74) is 2.16. The zero-order valence-electron chi connectivity index (χ0n) is 12.5. The Morgan fingerprint density at radius 2 is 1.90 bits per heavy atom. The topological polar surface area (TPSA) is 79.0 Å². The number of aryl methyl sites for hydroxylation is 2. The van der Waals surface area contributed by atoms with E-state index in [-0.39, 0.29) is 0 Å². The zero-order valence-corrected chi connectivity index (χ0v) is 13.3. The normalized spacial score (nSPS) is 12.0. The monoisotopic (exact) mass is 308 g/mol. The summed E-state index contributed by atoms with van der Waals surface area (Å²) >= 11 is 0. The number of aromatic nitrogens is 3. The Kier molecular flexibility index (Phi) is 4.74. The predicted octanol–water partition coefficient (Wildman–Crippen LogP) is 1.67. The van der Waals surface area contributed by atoms with E-state index >= 15 is 0 Å². The quantitative estimate of drug-likeness (QED) is 0.880. The van der Waals surface area contributed by atoms with Gasteiger partial charge >= 0.3 is 0 Å². The van der Waals surface area contributed by atoms with Crippen LogP contribution in [0.3, 0.4) is 0 Å². The van der Waals surface area contributed by atoms with E-state index in [0.29, 0.717) is 35.8 Å². The van der Waals surface area contributed by atoms with Crippen LogP contribution in [0.4, 0.5) is 0 Å². The van der Waals surface area contributed by atoms with E-state index in [1.807, 2.05) is 19.1 Å². The third kappa shape index (κ3) is 3.30. The van der Waals surface area contributed by atoms with Crippen molar-refractivity contribution >= 4 is 10.0 Å². The molecule has 2 rings (SSSR count). The molecular weight excluding hydrogens is 288 g/mol. The number of hydrogen-bond acceptors (Lipinski definition) is 4. The number of sulfonamides is 1. The second-order valence-corrected chi connectivity index (χ2v) is 6.74. The molecule has 0 saturated carbocycles. The van der Waals surface area contributed by atoms with Crippen molar-refractivity contribution in [1.29, 1.82) is 0 Å². The van der Waals surface area contributed by atoms with Gasteiger partial charge < -0.3 is 0 Å². The number of H-pyrrole nitrogens is 1. The molecule has 0 amide bonds. The summed E-state index contributed by atoms with van der Waals surface area (Å²) in [6.45, 7) is 6.13. The Morgan fingerprint density at radius 3 is 2.43 bits per heavy atom. The molecule has 0 unspecified atom stereocenters. The number of rotatable bonds is 6. The maximum absolute atomic E-state index is 12.7. The van der Waals surface area contributed by atoms with Gasteiger partial charge in [0.15, 0.2) is 0 Å². The minimum Gasteiger partial charge on any atom is -0.281 e. The maximum Gasteiger partial charge on any atom is 0.246 e. The first-order valence-corrected chi connectivity index (χ1v) is 8.31. The summed E-state index contributed by atoms with van der Waals surface area (Å²) in [5, 5.41) is 6.71. The first kappa shape index (κ1) is 15.7. The lowest BCUT2D eigenvalue weighted by Crippen LogP contribution is -2.33. The number of likely N-dealkylation sites (N-methyl/N-ethyl adjacent to an activating group) is 1. The van der Waals surface area contributed by atoms with Crippen LogP contribution in [0.5, 0.6) is 0 Å². The van der Waals surface area contributed by atoms with Gasteiger partial charge in [0.2, 0.25) is 10.0 Å². The first-order valence-electron chi connectivity index (χ1n) is 6.87. The highest BCUT2D eigenvalue weighted by Crippen LogP contribution is 2.21. The Balaban J connectivity index is 2.21. The summed E-state index contributed by atoms with van der Waals surface area (Å²) in [4.78, 5) is 4.25. The molecule has 0 fully saturated rings. The van der Waals surface area contributed by atoms with Crippen molar-refractivity contribution in [2.24, 2.45) is 0 Å². The molecule has 114 valence electrons. The van der Waals surface area contributed by atoms with Crippen molar-refractivity contribution in [3.05, 3.63) is 41.5 Å². The molecule has 21 heavy (non-hydrogen) atoms. The molecule has 0 atom stereocenters. The molecule has 0 aliphatic rings. The van der Waals surface area contributed by atoms with E-state index in [1.54, 1.807) is 26.2 Å². The van der Waals surface area contributed by atoms with Crippen LogP contribution in [-0.4, -0.2) is 41.0 Å². The SMILES string of the molecule is CCN(CCc1ccncc1)S(=O)(=O)c1c(C)n[nH]c1C. The lowest BCUT2D eigenvalue weighted by molar-refractivity contribution is 0.430. The van der Waals surface area contributed by atoms with Crippen molar-refractivity contribution in [3.8, 4) is 0 Å². The Bertz CT molecular complexity index is 676. The molecule has 0 bridgehead atoms. The Labute approximate surface area is 125 Å². The van der Waals surface area contributed by atoms with Gasteiger partial charge in [0.25, 0.3) is 0 Å². The number of pyridine rings is 1. The molecule has 2 aromatic heterocycles. The standard InChI is InChI=1S/C14H20N4O2S/c1-4-18(10-7-13-5-8-15-9-6-13)21(19,20)14-11(2)16-17-12(14)3/h5-6,8-9H,4,7,10H2,1-3H3,(H,16,17). The van der Waals surface area contributed by atoms with Crippen molar-refractivity contribution in [3.63, 3.8) is 0 Å². The van der Waals surface area contributed by atoms with Crippen LogP contribution in [-0.2, 0) is 16.4 Å². The largest absolute Gasteiger partial charge is 0.281 e. The van der Waals surface area contributed by atoms with Crippen LogP contribution in [0.2, 0.25) is 0 Å². The fraction of sp³-hybridized carbons (Fsp3) is 0.429. The lowest BCUT2D eigenvalue weighted by atomic mass is 10.2. The number of nitrogens with one attached hydrogen (secondary N) is 1. The highest BCUT2D eigenvalue weighted by molar-refractivity contribution is 7.89. The van der Waals surface area contributed by atoms with E-state index in [4.69, 9.17) is 0 Å². The van der Waals surface area contributed by atoms with Crippen LogP contribution < -0.4 is 0 Å². The Hall–Kier alpha value is -1.73. The third-order valence-electron chi connectivity index (χ3n) is 3.41. The second kappa shape index (κ2) is 6.36. The van der Waals surface area contributed by atoms with Crippen LogP contribution in [0.25, 0.3) is 0 Å². The fourth-order valence-corrected chi connectivity index (χ4v) is 4.08. The molecule has 0 aliphatic carbocycles. The van der Waals surface area contributed by atoms with Crippen LogP contribution >= 0.6 is 0 Å². The minimum atomic E-state index is -3.52. The van der Waals surface area contributed by atoms with Crippen molar-refractivity contribution in [1.82, 2.24) is 19.5 Å². The van der Waals surface area contributed by atoms with Gasteiger partial charge in [-0.2, -0.15) is 9.40 Å². The van der Waals surface area contributed by atoms with Gasteiger partial charge in [-0.25, -0.2) is 8.42 Å². The Morgan fingerprint density at radius 1 is 1.24 bits per heavy atom. The summed E-state index contributed by atoms with van der Waals surface area (Å²) in [6.07, 6.45) is 4.08. The first-order chi connectivity index (χ1) is 9.96. The van der Waals surface area contributed by atoms with Crippen molar-refractivity contribution < 1.29 is 8.42 Å². The van der Waals surface area contributed by atoms with Gasteiger partial charge in [-0.1, -0.05) is 6.92 Å². The lowest BCUT2D eigenvalue weighted by Gasteiger charge is -2.20. The van der Waals surface area contributed by atoms with E-state index < -0.39 is 10.0 Å². The van der Waals surface area contributed by atoms with Crippen molar-refractivity contribution in [2.75, 3.05) is 13.1 Å². The van der Waals surface area contributed by atoms with Gasteiger partial charge in [0, 0.05) is 25.5 Å². The average Bonchev–Trinajstić information content (AvgIpc) is 2.80. The van der Waals surface area contributed by atoms with E-state index in [1.165, 1.54) is 4.31 Å². The van der Waals surface area contributed by atoms with Gasteiger partial charge in [0.05, 0.1) is 11.4 Å². The number of hydrogen-bond donors (Lipinski definition) is 1. The molecular formula is C14H20N4O2S. The van der Waals surface area contributed by atoms with Crippen LogP contribution in [0.1, 0.15) is 23.9 Å². The molecule has 7 heteroatoms. The molecule has 0 aromatic carbocycles. The summed E-state index contributed by atoms with van der Waals surface area (Å²) in [6, 6.07) is 3.80. The summed E-state index contributed by atoms with van der Waals surface area (Å²) < 4.78 is 27.0. The molecule has 0 aliphatic heterocycles. The molecule has 2 aromatic rings.